The highest BCUT2D eigenvalue weighted by Gasteiger charge is 2.38. The van der Waals surface area contributed by atoms with E-state index >= 15 is 0 Å². The average molecular weight is 1440 g/mol. The highest BCUT2D eigenvalue weighted by atomic mass is 16.5. The van der Waals surface area contributed by atoms with E-state index in [1.165, 1.54) is 88.0 Å². The number of benzene rings is 18. The molecule has 0 spiro atoms. The number of hydrogen-bond acceptors (Lipinski definition) is 6. The van der Waals surface area contributed by atoms with E-state index in [0.717, 1.165) is 113 Å². The zero-order valence-corrected chi connectivity index (χ0v) is 62.6. The molecule has 18 aromatic carbocycles. The second-order valence-corrected chi connectivity index (χ2v) is 30.7. The summed E-state index contributed by atoms with van der Waals surface area (Å²) in [6.07, 6.45) is 0. The molecule has 22 rings (SSSR count). The summed E-state index contributed by atoms with van der Waals surface area (Å²) in [6.45, 7) is 9.39. The van der Waals surface area contributed by atoms with E-state index in [4.69, 9.17) is 9.47 Å². The zero-order chi connectivity index (χ0) is 74.8. The van der Waals surface area contributed by atoms with E-state index < -0.39 is 0 Å². The van der Waals surface area contributed by atoms with Gasteiger partial charge in [-0.05, 0) is 258 Å². The normalized spacial score (nSPS) is 13.1. The van der Waals surface area contributed by atoms with Crippen molar-refractivity contribution >= 4 is 111 Å². The van der Waals surface area contributed by atoms with Crippen molar-refractivity contribution in [1.29, 1.82) is 0 Å². The van der Waals surface area contributed by atoms with Gasteiger partial charge in [0.05, 0.1) is 0 Å². The number of ether oxygens (including phenoxy) is 2. The summed E-state index contributed by atoms with van der Waals surface area (Å²) >= 11 is 0. The van der Waals surface area contributed by atoms with Crippen LogP contribution >= 0.6 is 0 Å². The summed E-state index contributed by atoms with van der Waals surface area (Å²) in [7, 11) is 0. The van der Waals surface area contributed by atoms with Crippen LogP contribution in [0.1, 0.15) is 49.9 Å². The smallest absolute Gasteiger partial charge is 0.137 e. The molecule has 2 aliphatic carbocycles. The molecule has 2 aliphatic heterocycles. The van der Waals surface area contributed by atoms with Crippen LogP contribution in [-0.4, -0.2) is 0 Å². The minimum atomic E-state index is -0.110. The molecule has 0 amide bonds. The van der Waals surface area contributed by atoms with Gasteiger partial charge in [0.15, 0.2) is 0 Å². The first-order chi connectivity index (χ1) is 55.1. The Balaban J connectivity index is 0.000000149. The maximum absolute atomic E-state index is 6.98. The Morgan fingerprint density at radius 2 is 0.455 bits per heavy atom. The summed E-state index contributed by atoms with van der Waals surface area (Å²) in [5, 5.41) is 9.42. The van der Waals surface area contributed by atoms with Crippen molar-refractivity contribution in [1.82, 2.24) is 0 Å². The maximum Gasteiger partial charge on any atom is 0.137 e. The Bertz CT molecular complexity index is 6680. The highest BCUT2D eigenvalue weighted by molar-refractivity contribution is 6.20. The number of anilines is 12. The molecule has 0 aromatic heterocycles. The van der Waals surface area contributed by atoms with Gasteiger partial charge < -0.3 is 29.1 Å². The largest absolute Gasteiger partial charge is 0.456 e. The third-order valence-electron chi connectivity index (χ3n) is 23.6. The first kappa shape index (κ1) is 66.0. The molecule has 6 heteroatoms. The summed E-state index contributed by atoms with van der Waals surface area (Å²) in [6, 6.07) is 140. The van der Waals surface area contributed by atoms with Crippen molar-refractivity contribution in [3.05, 3.63) is 411 Å². The van der Waals surface area contributed by atoms with Gasteiger partial charge in [0.1, 0.15) is 23.0 Å². The van der Waals surface area contributed by atoms with Gasteiger partial charge in [-0.25, -0.2) is 0 Å². The second-order valence-electron chi connectivity index (χ2n) is 30.7. The van der Waals surface area contributed by atoms with Crippen molar-refractivity contribution in [2.75, 3.05) is 19.6 Å². The molecule has 2 heterocycles. The van der Waals surface area contributed by atoms with Gasteiger partial charge >= 0.3 is 0 Å². The van der Waals surface area contributed by atoms with E-state index in [0.29, 0.717) is 0 Å². The minimum Gasteiger partial charge on any atom is -0.456 e. The van der Waals surface area contributed by atoms with Crippen LogP contribution in [0.15, 0.2) is 388 Å². The SMILES string of the molecule is CC1(C)c2ccccc2-c2ccc(N(c3ccccc3)c3ccc4c(c3)Oc3cccc5c3c-4cc3ccc(N(c4ccccc4)c4ccc6c(c4)C(C)(C)c4ccccc4-6)cc35)cc21.c1ccc(N(c2ccccc2)c2ccc3c(c2)Oc2cccc4c2c-3cc2ccc(N(c3ccccc3)c3ccccc3)cc24)cc1. The summed E-state index contributed by atoms with van der Waals surface area (Å²) in [5.41, 5.74) is 28.3. The van der Waals surface area contributed by atoms with E-state index in [1.807, 2.05) is 12.1 Å². The van der Waals surface area contributed by atoms with Gasteiger partial charge in [0.25, 0.3) is 0 Å². The first-order valence-electron chi connectivity index (χ1n) is 38.7. The molecule has 532 valence electrons. The minimum absolute atomic E-state index is 0.104. The molecule has 0 atom stereocenters. The Kier molecular flexibility index (Phi) is 15.5. The maximum atomic E-state index is 6.98. The van der Waals surface area contributed by atoms with Gasteiger partial charge in [-0.2, -0.15) is 0 Å². The van der Waals surface area contributed by atoms with Crippen LogP contribution in [0.2, 0.25) is 0 Å². The lowest BCUT2D eigenvalue weighted by atomic mass is 9.82. The summed E-state index contributed by atoms with van der Waals surface area (Å²) in [5.74, 6) is 3.46. The van der Waals surface area contributed by atoms with E-state index in [9.17, 15) is 0 Å². The molecule has 0 bridgehead atoms. The van der Waals surface area contributed by atoms with Gasteiger partial charge in [-0.3, -0.25) is 0 Å². The van der Waals surface area contributed by atoms with Gasteiger partial charge in [0, 0.05) is 113 Å². The Morgan fingerprint density at radius 1 is 0.179 bits per heavy atom. The highest BCUT2D eigenvalue weighted by Crippen LogP contribution is 2.57. The third-order valence-corrected chi connectivity index (χ3v) is 23.6. The van der Waals surface area contributed by atoms with Crippen LogP contribution in [0, 0.1) is 0 Å². The number of para-hydroxylation sites is 6. The Hall–Kier alpha value is -14.2. The summed E-state index contributed by atoms with van der Waals surface area (Å²) < 4.78 is 13.7. The van der Waals surface area contributed by atoms with Gasteiger partial charge in [-0.15, -0.1) is 0 Å². The van der Waals surface area contributed by atoms with Gasteiger partial charge in [0.2, 0.25) is 0 Å². The van der Waals surface area contributed by atoms with Gasteiger partial charge in [-0.1, -0.05) is 234 Å². The summed E-state index contributed by atoms with van der Waals surface area (Å²) in [4.78, 5) is 9.35. The molecule has 0 fully saturated rings. The molecule has 0 radical (unpaired) electrons. The quantitative estimate of drug-likeness (QED) is 0.113. The van der Waals surface area contributed by atoms with Crippen molar-refractivity contribution in [3.63, 3.8) is 0 Å². The molecule has 0 unspecified atom stereocenters. The van der Waals surface area contributed by atoms with Crippen molar-refractivity contribution in [2.24, 2.45) is 0 Å². The Morgan fingerprint density at radius 3 is 0.804 bits per heavy atom. The molecule has 0 saturated carbocycles. The van der Waals surface area contributed by atoms with Crippen LogP contribution in [0.3, 0.4) is 0 Å². The van der Waals surface area contributed by atoms with Crippen molar-refractivity contribution < 1.29 is 9.47 Å². The van der Waals surface area contributed by atoms with Crippen LogP contribution in [0.25, 0.3) is 87.6 Å². The first-order valence-corrected chi connectivity index (χ1v) is 38.7. The Labute approximate surface area is 652 Å². The lowest BCUT2D eigenvalue weighted by molar-refractivity contribution is 0.487. The predicted molar refractivity (Wildman–Crippen MR) is 468 cm³/mol. The number of hydrogen-bond donors (Lipinski definition) is 0. The fourth-order valence-electron chi connectivity index (χ4n) is 18.3. The lowest BCUT2D eigenvalue weighted by Gasteiger charge is -2.30. The zero-order valence-electron chi connectivity index (χ0n) is 62.6. The fraction of sp³-hybridized carbons (Fsp3) is 0.0566. The van der Waals surface area contributed by atoms with Crippen molar-refractivity contribution in [3.8, 4) is 67.5 Å². The molecule has 112 heavy (non-hydrogen) atoms. The number of nitrogens with zero attached hydrogens (tertiary/aromatic N) is 4. The molecular weight excluding hydrogens is 1360 g/mol. The number of fused-ring (bicyclic) bond motifs is 14. The van der Waals surface area contributed by atoms with E-state index in [1.54, 1.807) is 0 Å². The van der Waals surface area contributed by atoms with E-state index in [-0.39, 0.29) is 10.8 Å². The van der Waals surface area contributed by atoms with E-state index in [2.05, 4.69) is 423 Å². The standard InChI is InChI=1S/C62H46N2O.C44H30N2O/c1-61(2)54-23-13-11-20-46(54)48-31-28-43(36-56(48)61)63(40-16-7-5-8-17-40)42-27-26-39-34-53-50-33-30-45(38-59(50)65-58-25-15-22-51(60(53)58)52(39)35-42)64(41-18-9-6-10-19-41)44-29-32-49-47-21-12-14-24-55(47)62(3,4)57(49)37-44;1-5-14-32(15-6-1)45(33-16-7-2-8-17-33)36-25-24-31-28-41-38-27-26-37(46(34-18-9-3-10-19-34)35-20-11-4-12-21-35)30-43(38)47-42-23-13-22-39(44(41)42)40(31)29-36/h5-38H,1-4H3;1-30H. The second kappa shape index (κ2) is 26.3. The van der Waals surface area contributed by atoms with Crippen LogP contribution in [0.4, 0.5) is 68.2 Å². The molecule has 4 aliphatic rings. The predicted octanol–water partition coefficient (Wildman–Crippen LogP) is 30.0. The monoisotopic (exact) mass is 1440 g/mol. The van der Waals surface area contributed by atoms with Crippen molar-refractivity contribution in [2.45, 2.75) is 38.5 Å². The lowest BCUT2D eigenvalue weighted by Crippen LogP contribution is -2.16. The van der Waals surface area contributed by atoms with Crippen LogP contribution in [-0.2, 0) is 10.8 Å². The van der Waals surface area contributed by atoms with Crippen LogP contribution in [0.5, 0.6) is 23.0 Å². The average Bonchev–Trinajstić information content (AvgIpc) is 1.17. The molecule has 6 nitrogen and oxygen atoms in total. The number of rotatable bonds is 12. The molecule has 0 N–H and O–H groups in total. The molecule has 0 saturated heterocycles. The molecule has 18 aromatic rings. The third kappa shape index (κ3) is 10.8. The molecular formula is C106H76N4O2. The van der Waals surface area contributed by atoms with Crippen LogP contribution < -0.4 is 29.1 Å². The topological polar surface area (TPSA) is 31.4 Å². The fourth-order valence-corrected chi connectivity index (χ4v) is 18.3.